The number of imidazole rings is 1. The number of sulfonamides is 1. The van der Waals surface area contributed by atoms with E-state index < -0.39 is 16.0 Å². The molecule has 0 amide bonds. The predicted molar refractivity (Wildman–Crippen MR) is 108 cm³/mol. The largest absolute Gasteiger partial charge is 0.456 e. The molecule has 2 aromatic heterocycles. The number of carbonyl (C=O) groups excluding carboxylic acids is 1. The lowest BCUT2D eigenvalue weighted by atomic mass is 10.1. The molecule has 1 saturated heterocycles. The van der Waals surface area contributed by atoms with Crippen molar-refractivity contribution in [3.05, 3.63) is 66.1 Å². The molecule has 3 heterocycles. The quantitative estimate of drug-likeness (QED) is 0.600. The van der Waals surface area contributed by atoms with Crippen LogP contribution in [0.5, 0.6) is 0 Å². The predicted octanol–water partition coefficient (Wildman–Crippen LogP) is 3.25. The SMILES string of the molecule is C[C@@H]1CCCCN1S(=O)(=O)c1cccc(C(=O)OCc2cn3ccccc3n2)c1. The maximum atomic E-state index is 13.0. The first-order valence-electron chi connectivity index (χ1n) is 9.67. The van der Waals surface area contributed by atoms with Crippen molar-refractivity contribution >= 4 is 21.6 Å². The first-order valence-corrected chi connectivity index (χ1v) is 11.1. The van der Waals surface area contributed by atoms with Crippen LogP contribution in [0.2, 0.25) is 0 Å². The summed E-state index contributed by atoms with van der Waals surface area (Å²) < 4.78 is 34.7. The number of hydrogen-bond donors (Lipinski definition) is 0. The van der Waals surface area contributed by atoms with E-state index >= 15 is 0 Å². The summed E-state index contributed by atoms with van der Waals surface area (Å²) in [6.07, 6.45) is 6.39. The first-order chi connectivity index (χ1) is 13.9. The van der Waals surface area contributed by atoms with E-state index in [-0.39, 0.29) is 23.1 Å². The van der Waals surface area contributed by atoms with Crippen molar-refractivity contribution in [3.8, 4) is 0 Å². The minimum absolute atomic E-state index is 0.0145. The highest BCUT2D eigenvalue weighted by Gasteiger charge is 2.31. The van der Waals surface area contributed by atoms with Gasteiger partial charge in [0.25, 0.3) is 0 Å². The number of esters is 1. The summed E-state index contributed by atoms with van der Waals surface area (Å²) in [4.78, 5) is 17.0. The molecule has 7 nitrogen and oxygen atoms in total. The Morgan fingerprint density at radius 3 is 2.86 bits per heavy atom. The third kappa shape index (κ3) is 4.04. The van der Waals surface area contributed by atoms with Crippen LogP contribution in [0.25, 0.3) is 5.65 Å². The topological polar surface area (TPSA) is 81.0 Å². The molecule has 8 heteroatoms. The van der Waals surface area contributed by atoms with Gasteiger partial charge in [-0.1, -0.05) is 18.6 Å². The fraction of sp³-hybridized carbons (Fsp3) is 0.333. The number of benzene rings is 1. The zero-order valence-electron chi connectivity index (χ0n) is 16.2. The molecular formula is C21H23N3O4S. The number of aromatic nitrogens is 2. The van der Waals surface area contributed by atoms with Gasteiger partial charge in [0.15, 0.2) is 0 Å². The molecule has 1 aliphatic heterocycles. The molecule has 1 fully saturated rings. The van der Waals surface area contributed by atoms with Gasteiger partial charge in [0.2, 0.25) is 10.0 Å². The molecule has 0 bridgehead atoms. The molecule has 1 atom stereocenters. The second-order valence-electron chi connectivity index (χ2n) is 7.26. The smallest absolute Gasteiger partial charge is 0.338 e. The highest BCUT2D eigenvalue weighted by Crippen LogP contribution is 2.25. The number of hydrogen-bond acceptors (Lipinski definition) is 5. The van der Waals surface area contributed by atoms with E-state index in [1.165, 1.54) is 16.4 Å². The molecule has 0 spiro atoms. The Hall–Kier alpha value is -2.71. The van der Waals surface area contributed by atoms with E-state index in [4.69, 9.17) is 4.74 Å². The fourth-order valence-corrected chi connectivity index (χ4v) is 5.37. The van der Waals surface area contributed by atoms with Crippen LogP contribution in [0.3, 0.4) is 0 Å². The standard InChI is InChI=1S/C21H23N3O4S/c1-16-7-2-5-12-24(16)29(26,27)19-9-6-8-17(13-19)21(25)28-15-18-14-23-11-4-3-10-20(23)22-18/h3-4,6,8-11,13-14,16H,2,5,7,12,15H2,1H3/t16-/m1/s1. The Morgan fingerprint density at radius 1 is 1.21 bits per heavy atom. The Morgan fingerprint density at radius 2 is 2.07 bits per heavy atom. The maximum Gasteiger partial charge on any atom is 0.338 e. The van der Waals surface area contributed by atoms with Crippen molar-refractivity contribution in [1.29, 1.82) is 0 Å². The van der Waals surface area contributed by atoms with E-state index in [1.54, 1.807) is 18.3 Å². The van der Waals surface area contributed by atoms with Crippen LogP contribution >= 0.6 is 0 Å². The van der Waals surface area contributed by atoms with E-state index in [0.717, 1.165) is 24.9 Å². The van der Waals surface area contributed by atoms with Crippen LogP contribution in [0, 0.1) is 0 Å². The van der Waals surface area contributed by atoms with Crippen LogP contribution < -0.4 is 0 Å². The van der Waals surface area contributed by atoms with Gasteiger partial charge >= 0.3 is 5.97 Å². The zero-order valence-corrected chi connectivity index (χ0v) is 17.0. The highest BCUT2D eigenvalue weighted by atomic mass is 32.2. The van der Waals surface area contributed by atoms with Gasteiger partial charge in [-0.2, -0.15) is 4.31 Å². The minimum Gasteiger partial charge on any atom is -0.456 e. The van der Waals surface area contributed by atoms with E-state index in [2.05, 4.69) is 4.98 Å². The third-order valence-electron chi connectivity index (χ3n) is 5.18. The lowest BCUT2D eigenvalue weighted by Crippen LogP contribution is -2.41. The van der Waals surface area contributed by atoms with Crippen LogP contribution in [-0.4, -0.2) is 40.7 Å². The van der Waals surface area contributed by atoms with E-state index in [1.807, 2.05) is 35.7 Å². The van der Waals surface area contributed by atoms with Crippen molar-refractivity contribution in [2.24, 2.45) is 0 Å². The molecule has 4 rings (SSSR count). The molecule has 1 aliphatic rings. The number of rotatable bonds is 5. The van der Waals surface area contributed by atoms with Crippen LogP contribution in [0.4, 0.5) is 0 Å². The maximum absolute atomic E-state index is 13.0. The number of piperidine rings is 1. The van der Waals surface area contributed by atoms with Crippen LogP contribution in [0.1, 0.15) is 42.2 Å². The molecule has 3 aromatic rings. The van der Waals surface area contributed by atoms with Crippen LogP contribution in [0.15, 0.2) is 59.8 Å². The molecular weight excluding hydrogens is 390 g/mol. The summed E-state index contributed by atoms with van der Waals surface area (Å²) >= 11 is 0. The Balaban J connectivity index is 1.49. The Bertz CT molecular complexity index is 1110. The van der Waals surface area contributed by atoms with Gasteiger partial charge in [-0.05, 0) is 50.1 Å². The molecule has 0 radical (unpaired) electrons. The Labute approximate surface area is 170 Å². The van der Waals surface area contributed by atoms with Crippen LogP contribution in [-0.2, 0) is 21.4 Å². The van der Waals surface area contributed by atoms with Crippen molar-refractivity contribution < 1.29 is 17.9 Å². The average molecular weight is 413 g/mol. The lowest BCUT2D eigenvalue weighted by Gasteiger charge is -2.32. The van der Waals surface area contributed by atoms with E-state index in [9.17, 15) is 13.2 Å². The molecule has 152 valence electrons. The molecule has 0 saturated carbocycles. The summed E-state index contributed by atoms with van der Waals surface area (Å²) in [6.45, 7) is 2.44. The number of pyridine rings is 1. The lowest BCUT2D eigenvalue weighted by molar-refractivity contribution is 0.0468. The Kier molecular flexibility index (Phi) is 5.38. The van der Waals surface area contributed by atoms with Gasteiger partial charge < -0.3 is 9.14 Å². The molecule has 0 unspecified atom stereocenters. The van der Waals surface area contributed by atoms with Crippen molar-refractivity contribution in [3.63, 3.8) is 0 Å². The average Bonchev–Trinajstić information content (AvgIpc) is 3.15. The van der Waals surface area contributed by atoms with Gasteiger partial charge in [-0.3, -0.25) is 0 Å². The van der Waals surface area contributed by atoms with Gasteiger partial charge in [0, 0.05) is 25.0 Å². The van der Waals surface area contributed by atoms with Gasteiger partial charge in [0.1, 0.15) is 12.3 Å². The number of carbonyl (C=O) groups is 1. The molecule has 0 aliphatic carbocycles. The third-order valence-corrected chi connectivity index (χ3v) is 7.19. The normalized spacial score (nSPS) is 18.0. The van der Waals surface area contributed by atoms with Gasteiger partial charge in [0.05, 0.1) is 16.2 Å². The fourth-order valence-electron chi connectivity index (χ4n) is 3.63. The number of ether oxygens (including phenoxy) is 1. The number of fused-ring (bicyclic) bond motifs is 1. The first kappa shape index (κ1) is 19.6. The molecule has 29 heavy (non-hydrogen) atoms. The summed E-state index contributed by atoms with van der Waals surface area (Å²) in [6, 6.07) is 11.6. The van der Waals surface area contributed by atoms with Gasteiger partial charge in [-0.25, -0.2) is 18.2 Å². The summed E-state index contributed by atoms with van der Waals surface area (Å²) in [7, 11) is -3.64. The summed E-state index contributed by atoms with van der Waals surface area (Å²) in [5, 5.41) is 0. The molecule has 1 aromatic carbocycles. The minimum atomic E-state index is -3.64. The second kappa shape index (κ2) is 7.96. The second-order valence-corrected chi connectivity index (χ2v) is 9.15. The van der Waals surface area contributed by atoms with Crippen molar-refractivity contribution in [2.45, 2.75) is 43.7 Å². The highest BCUT2D eigenvalue weighted by molar-refractivity contribution is 7.89. The van der Waals surface area contributed by atoms with Crippen molar-refractivity contribution in [1.82, 2.24) is 13.7 Å². The van der Waals surface area contributed by atoms with Crippen molar-refractivity contribution in [2.75, 3.05) is 6.54 Å². The monoisotopic (exact) mass is 413 g/mol. The summed E-state index contributed by atoms with van der Waals surface area (Å²) in [5.41, 5.74) is 1.59. The zero-order chi connectivity index (χ0) is 20.4. The van der Waals surface area contributed by atoms with Gasteiger partial charge in [-0.15, -0.1) is 0 Å². The molecule has 0 N–H and O–H groups in total. The van der Waals surface area contributed by atoms with E-state index in [0.29, 0.717) is 12.2 Å². The summed E-state index contributed by atoms with van der Waals surface area (Å²) in [5.74, 6) is -0.578. The number of nitrogens with zero attached hydrogens (tertiary/aromatic N) is 3.